The van der Waals surface area contributed by atoms with E-state index in [2.05, 4.69) is 4.99 Å². The van der Waals surface area contributed by atoms with Crippen molar-refractivity contribution in [3.05, 3.63) is 35.1 Å². The summed E-state index contributed by atoms with van der Waals surface area (Å²) < 4.78 is 39.6. The van der Waals surface area contributed by atoms with Gasteiger partial charge in [0.05, 0.1) is 12.6 Å². The first kappa shape index (κ1) is 12.3. The van der Waals surface area contributed by atoms with E-state index in [0.717, 1.165) is 31.5 Å². The second-order valence-corrected chi connectivity index (χ2v) is 5.11. The summed E-state index contributed by atoms with van der Waals surface area (Å²) in [6.07, 6.45) is 2.28. The van der Waals surface area contributed by atoms with Gasteiger partial charge < -0.3 is 10.6 Å². The van der Waals surface area contributed by atoms with Crippen LogP contribution in [-0.4, -0.2) is 23.9 Å². The van der Waals surface area contributed by atoms with E-state index in [4.69, 9.17) is 5.73 Å². The molecule has 0 aromatic heterocycles. The number of nitrogens with two attached hydrogens (primary N) is 1. The maximum absolute atomic E-state index is 13.3. The van der Waals surface area contributed by atoms with Crippen LogP contribution in [0.5, 0.6) is 0 Å². The van der Waals surface area contributed by atoms with Gasteiger partial charge in [-0.3, -0.25) is 4.99 Å². The summed E-state index contributed by atoms with van der Waals surface area (Å²) in [7, 11) is 0. The lowest BCUT2D eigenvalue weighted by Gasteiger charge is -2.26. The van der Waals surface area contributed by atoms with Crippen molar-refractivity contribution in [2.24, 2.45) is 16.6 Å². The number of aliphatic imine (C=N–C) groups is 1. The first-order valence-corrected chi connectivity index (χ1v) is 6.27. The second-order valence-electron chi connectivity index (χ2n) is 5.11. The zero-order valence-electron chi connectivity index (χ0n) is 10.2. The molecule has 19 heavy (non-hydrogen) atoms. The van der Waals surface area contributed by atoms with Gasteiger partial charge in [0.1, 0.15) is 0 Å². The molecular weight excluding hydrogens is 255 g/mol. The molecule has 1 saturated carbocycles. The van der Waals surface area contributed by atoms with E-state index in [1.165, 1.54) is 0 Å². The van der Waals surface area contributed by atoms with Crippen molar-refractivity contribution in [1.29, 1.82) is 0 Å². The fourth-order valence-electron chi connectivity index (χ4n) is 2.38. The maximum atomic E-state index is 13.3. The minimum absolute atomic E-state index is 0.301. The monoisotopic (exact) mass is 269 g/mol. The smallest absolute Gasteiger partial charge is 0.194 e. The van der Waals surface area contributed by atoms with Gasteiger partial charge in [-0.2, -0.15) is 0 Å². The highest BCUT2D eigenvalue weighted by molar-refractivity contribution is 5.80. The molecule has 0 spiro atoms. The standard InChI is InChI=1S/C13H14F3N3/c14-9-3-8(4-10(15)12(9)16)11-5-18-13(17)19(11)6-7-1-2-7/h3-4,7,11H,1-2,5-6H2,(H2,17,18). The zero-order valence-corrected chi connectivity index (χ0v) is 10.2. The first-order valence-electron chi connectivity index (χ1n) is 6.27. The lowest BCUT2D eigenvalue weighted by molar-refractivity contribution is 0.330. The Morgan fingerprint density at radius 2 is 1.84 bits per heavy atom. The third kappa shape index (κ3) is 2.27. The molecule has 6 heteroatoms. The lowest BCUT2D eigenvalue weighted by Crippen LogP contribution is -2.37. The molecule has 3 nitrogen and oxygen atoms in total. The highest BCUT2D eigenvalue weighted by Gasteiger charge is 2.33. The number of halogens is 3. The average Bonchev–Trinajstić information content (AvgIpc) is 3.11. The van der Waals surface area contributed by atoms with Crippen LogP contribution in [0, 0.1) is 23.4 Å². The molecule has 102 valence electrons. The molecular formula is C13H14F3N3. The molecule has 1 aromatic carbocycles. The van der Waals surface area contributed by atoms with Crippen molar-refractivity contribution in [2.45, 2.75) is 18.9 Å². The molecule has 2 N–H and O–H groups in total. The van der Waals surface area contributed by atoms with E-state index in [9.17, 15) is 13.2 Å². The second kappa shape index (κ2) is 4.43. The van der Waals surface area contributed by atoms with Crippen molar-refractivity contribution in [3.63, 3.8) is 0 Å². The van der Waals surface area contributed by atoms with E-state index in [1.807, 2.05) is 4.90 Å². The largest absolute Gasteiger partial charge is 0.370 e. The summed E-state index contributed by atoms with van der Waals surface area (Å²) in [5, 5.41) is 0. The molecule has 1 aliphatic carbocycles. The fraction of sp³-hybridized carbons (Fsp3) is 0.462. The van der Waals surface area contributed by atoms with Crippen LogP contribution in [0.2, 0.25) is 0 Å². The van der Waals surface area contributed by atoms with Crippen molar-refractivity contribution in [3.8, 4) is 0 Å². The molecule has 1 unspecified atom stereocenters. The van der Waals surface area contributed by atoms with Gasteiger partial charge in [-0.25, -0.2) is 13.2 Å². The number of hydrogen-bond donors (Lipinski definition) is 1. The van der Waals surface area contributed by atoms with E-state index >= 15 is 0 Å². The van der Waals surface area contributed by atoms with Crippen LogP contribution in [0.4, 0.5) is 13.2 Å². The van der Waals surface area contributed by atoms with Crippen LogP contribution in [-0.2, 0) is 0 Å². The summed E-state index contributed by atoms with van der Waals surface area (Å²) in [6.45, 7) is 1.09. The van der Waals surface area contributed by atoms with Crippen LogP contribution in [0.15, 0.2) is 17.1 Å². The highest BCUT2D eigenvalue weighted by Crippen LogP contribution is 2.35. The van der Waals surface area contributed by atoms with Gasteiger partial charge in [-0.05, 0) is 36.5 Å². The molecule has 1 aliphatic heterocycles. The van der Waals surface area contributed by atoms with E-state index < -0.39 is 17.5 Å². The Labute approximate surface area is 108 Å². The van der Waals surface area contributed by atoms with Crippen molar-refractivity contribution in [2.75, 3.05) is 13.1 Å². The van der Waals surface area contributed by atoms with Crippen LogP contribution >= 0.6 is 0 Å². The Hall–Kier alpha value is -1.72. The summed E-state index contributed by atoms with van der Waals surface area (Å²) in [4.78, 5) is 5.97. The van der Waals surface area contributed by atoms with Gasteiger partial charge in [-0.15, -0.1) is 0 Å². The average molecular weight is 269 g/mol. The summed E-state index contributed by atoms with van der Waals surface area (Å²) in [6, 6.07) is 1.75. The maximum Gasteiger partial charge on any atom is 0.194 e. The third-order valence-corrected chi connectivity index (χ3v) is 3.64. The molecule has 1 aromatic rings. The first-order chi connectivity index (χ1) is 9.06. The molecule has 2 aliphatic rings. The number of hydrogen-bond acceptors (Lipinski definition) is 3. The van der Waals surface area contributed by atoms with Gasteiger partial charge in [-0.1, -0.05) is 0 Å². The van der Waals surface area contributed by atoms with E-state index in [0.29, 0.717) is 24.0 Å². The molecule has 0 bridgehead atoms. The fourth-order valence-corrected chi connectivity index (χ4v) is 2.38. The number of benzene rings is 1. The van der Waals surface area contributed by atoms with Crippen molar-refractivity contribution >= 4 is 5.96 Å². The quantitative estimate of drug-likeness (QED) is 0.855. The Bertz CT molecular complexity index is 517. The minimum atomic E-state index is -1.44. The summed E-state index contributed by atoms with van der Waals surface area (Å²) in [5.74, 6) is -2.82. The van der Waals surface area contributed by atoms with Crippen molar-refractivity contribution in [1.82, 2.24) is 4.90 Å². The van der Waals surface area contributed by atoms with E-state index in [-0.39, 0.29) is 6.04 Å². The molecule has 1 atom stereocenters. The van der Waals surface area contributed by atoms with Gasteiger partial charge in [0.15, 0.2) is 23.4 Å². The molecule has 0 radical (unpaired) electrons. The SMILES string of the molecule is NC1=NCC(c2cc(F)c(F)c(F)c2)N1CC1CC1. The summed E-state index contributed by atoms with van der Waals surface area (Å²) >= 11 is 0. The van der Waals surface area contributed by atoms with Gasteiger partial charge in [0.2, 0.25) is 0 Å². The van der Waals surface area contributed by atoms with E-state index in [1.54, 1.807) is 0 Å². The molecule has 0 amide bonds. The minimum Gasteiger partial charge on any atom is -0.370 e. The molecule has 3 rings (SSSR count). The normalized spacial score (nSPS) is 22.8. The van der Waals surface area contributed by atoms with Crippen LogP contribution in [0.25, 0.3) is 0 Å². The molecule has 1 heterocycles. The third-order valence-electron chi connectivity index (χ3n) is 3.64. The Morgan fingerprint density at radius 3 is 2.42 bits per heavy atom. The van der Waals surface area contributed by atoms with Crippen LogP contribution in [0.3, 0.4) is 0 Å². The topological polar surface area (TPSA) is 41.6 Å². The molecule has 1 fully saturated rings. The zero-order chi connectivity index (χ0) is 13.6. The number of nitrogens with zero attached hydrogens (tertiary/aromatic N) is 2. The molecule has 0 saturated heterocycles. The summed E-state index contributed by atoms with van der Waals surface area (Å²) in [5.41, 5.74) is 6.18. The number of guanidine groups is 1. The van der Waals surface area contributed by atoms with Crippen molar-refractivity contribution < 1.29 is 13.2 Å². The highest BCUT2D eigenvalue weighted by atomic mass is 19.2. The predicted octanol–water partition coefficient (Wildman–Crippen LogP) is 2.19. The van der Waals surface area contributed by atoms with Crippen LogP contribution < -0.4 is 5.73 Å². The van der Waals surface area contributed by atoms with Gasteiger partial charge in [0.25, 0.3) is 0 Å². The predicted molar refractivity (Wildman–Crippen MR) is 65.0 cm³/mol. The Kier molecular flexibility index (Phi) is 2.88. The Morgan fingerprint density at radius 1 is 1.21 bits per heavy atom. The van der Waals surface area contributed by atoms with Gasteiger partial charge >= 0.3 is 0 Å². The lowest BCUT2D eigenvalue weighted by atomic mass is 10.1. The van der Waals surface area contributed by atoms with Gasteiger partial charge in [0, 0.05) is 6.54 Å². The van der Waals surface area contributed by atoms with Crippen LogP contribution in [0.1, 0.15) is 24.4 Å². The number of rotatable bonds is 3. The Balaban J connectivity index is 1.88.